The lowest BCUT2D eigenvalue weighted by Gasteiger charge is -1.96. The average Bonchev–Trinajstić information content (AvgIpc) is 2.54. The molecular weight excluding hydrogens is 204 g/mol. The highest BCUT2D eigenvalue weighted by molar-refractivity contribution is 7.22. The van der Waals surface area contributed by atoms with Gasteiger partial charge in [-0.3, -0.25) is 4.99 Å². The lowest BCUT2D eigenvalue weighted by atomic mass is 10.1. The van der Waals surface area contributed by atoms with Gasteiger partial charge in [-0.2, -0.15) is 0 Å². The van der Waals surface area contributed by atoms with Crippen LogP contribution in [-0.4, -0.2) is 13.1 Å². The summed E-state index contributed by atoms with van der Waals surface area (Å²) in [5, 5.41) is 2.34. The summed E-state index contributed by atoms with van der Waals surface area (Å²) in [6.07, 6.45) is 1.49. The van der Waals surface area contributed by atoms with Gasteiger partial charge in [0.05, 0.1) is 0 Å². The van der Waals surface area contributed by atoms with Crippen molar-refractivity contribution < 1.29 is 0 Å². The minimum absolute atomic E-state index is 1.02. The van der Waals surface area contributed by atoms with E-state index >= 15 is 0 Å². The summed E-state index contributed by atoms with van der Waals surface area (Å²) < 4.78 is 1.28. The standard InChI is InChI=1S/C12H12N2S/c1-8-5-4-6-10-11(8)9(2)12(15-10)14-7-13-3/h4-7H,3H2,1-2H3. The first-order chi connectivity index (χ1) is 7.24. The first-order valence-corrected chi connectivity index (χ1v) is 5.52. The summed E-state index contributed by atoms with van der Waals surface area (Å²) >= 11 is 1.69. The third-order valence-electron chi connectivity index (χ3n) is 2.39. The van der Waals surface area contributed by atoms with Crippen LogP contribution in [0.25, 0.3) is 10.1 Å². The minimum atomic E-state index is 1.02. The zero-order valence-corrected chi connectivity index (χ0v) is 9.64. The monoisotopic (exact) mass is 216 g/mol. The number of rotatable bonds is 2. The van der Waals surface area contributed by atoms with Crippen LogP contribution in [0.1, 0.15) is 11.1 Å². The number of hydrogen-bond acceptors (Lipinski definition) is 2. The van der Waals surface area contributed by atoms with E-state index < -0.39 is 0 Å². The van der Waals surface area contributed by atoms with Crippen LogP contribution >= 0.6 is 11.3 Å². The van der Waals surface area contributed by atoms with E-state index in [2.05, 4.69) is 48.7 Å². The topological polar surface area (TPSA) is 24.7 Å². The first kappa shape index (κ1) is 10.1. The molecule has 3 heteroatoms. The van der Waals surface area contributed by atoms with Crippen LogP contribution in [0.4, 0.5) is 5.00 Å². The van der Waals surface area contributed by atoms with Gasteiger partial charge in [0.1, 0.15) is 11.3 Å². The second-order valence-electron chi connectivity index (χ2n) is 3.41. The van der Waals surface area contributed by atoms with Crippen molar-refractivity contribution in [2.24, 2.45) is 9.98 Å². The average molecular weight is 216 g/mol. The van der Waals surface area contributed by atoms with Crippen molar-refractivity contribution in [3.63, 3.8) is 0 Å². The van der Waals surface area contributed by atoms with E-state index in [0.717, 1.165) is 5.00 Å². The van der Waals surface area contributed by atoms with Gasteiger partial charge in [0.2, 0.25) is 0 Å². The van der Waals surface area contributed by atoms with E-state index in [4.69, 9.17) is 0 Å². The summed E-state index contributed by atoms with van der Waals surface area (Å²) in [5.41, 5.74) is 2.53. The van der Waals surface area contributed by atoms with Crippen molar-refractivity contribution in [3.05, 3.63) is 29.3 Å². The molecule has 15 heavy (non-hydrogen) atoms. The highest BCUT2D eigenvalue weighted by Gasteiger charge is 2.08. The van der Waals surface area contributed by atoms with Gasteiger partial charge in [-0.25, -0.2) is 4.99 Å². The van der Waals surface area contributed by atoms with Gasteiger partial charge in [-0.1, -0.05) is 12.1 Å². The Morgan fingerprint density at radius 1 is 1.33 bits per heavy atom. The molecule has 2 rings (SSSR count). The SMILES string of the molecule is C=NC=Nc1sc2cccc(C)c2c1C. The Balaban J connectivity index is 2.69. The minimum Gasteiger partial charge on any atom is -0.253 e. The van der Waals surface area contributed by atoms with Crippen LogP contribution in [0.3, 0.4) is 0 Å². The fourth-order valence-corrected chi connectivity index (χ4v) is 2.84. The Bertz CT molecular complexity index is 538. The Labute approximate surface area is 93.0 Å². The van der Waals surface area contributed by atoms with Crippen molar-refractivity contribution in [2.75, 3.05) is 0 Å². The largest absolute Gasteiger partial charge is 0.253 e. The molecular formula is C12H12N2S. The maximum Gasteiger partial charge on any atom is 0.121 e. The molecule has 0 N–H and O–H groups in total. The second-order valence-corrected chi connectivity index (χ2v) is 4.44. The highest BCUT2D eigenvalue weighted by atomic mass is 32.1. The summed E-state index contributed by atoms with van der Waals surface area (Å²) in [5.74, 6) is 0. The third kappa shape index (κ3) is 1.70. The molecule has 1 aromatic carbocycles. The molecule has 0 amide bonds. The van der Waals surface area contributed by atoms with Crippen LogP contribution in [0.15, 0.2) is 28.2 Å². The van der Waals surface area contributed by atoms with E-state index in [1.54, 1.807) is 11.3 Å². The molecule has 0 aliphatic carbocycles. The number of benzene rings is 1. The second kappa shape index (κ2) is 3.95. The number of nitrogens with zero attached hydrogens (tertiary/aromatic N) is 2. The molecule has 0 saturated carbocycles. The number of aryl methyl sites for hydroxylation is 2. The molecule has 0 saturated heterocycles. The van der Waals surface area contributed by atoms with Crippen molar-refractivity contribution in [2.45, 2.75) is 13.8 Å². The van der Waals surface area contributed by atoms with E-state index in [1.807, 2.05) is 0 Å². The quantitative estimate of drug-likeness (QED) is 0.537. The van der Waals surface area contributed by atoms with Crippen molar-refractivity contribution >= 4 is 39.5 Å². The van der Waals surface area contributed by atoms with Crippen LogP contribution in [0.2, 0.25) is 0 Å². The lowest BCUT2D eigenvalue weighted by molar-refractivity contribution is 1.47. The fraction of sp³-hybridized carbons (Fsp3) is 0.167. The smallest absolute Gasteiger partial charge is 0.121 e. The van der Waals surface area contributed by atoms with Crippen LogP contribution < -0.4 is 0 Å². The van der Waals surface area contributed by atoms with Gasteiger partial charge in [0, 0.05) is 10.1 Å². The van der Waals surface area contributed by atoms with Crippen LogP contribution in [0.5, 0.6) is 0 Å². The Morgan fingerprint density at radius 3 is 2.80 bits per heavy atom. The summed E-state index contributed by atoms with van der Waals surface area (Å²) in [6, 6.07) is 6.33. The molecule has 0 atom stereocenters. The number of thiophene rings is 1. The molecule has 0 spiro atoms. The molecule has 0 fully saturated rings. The summed E-state index contributed by atoms with van der Waals surface area (Å²) in [7, 11) is 0. The first-order valence-electron chi connectivity index (χ1n) is 4.71. The fourth-order valence-electron chi connectivity index (χ4n) is 1.71. The molecule has 0 aliphatic rings. The van der Waals surface area contributed by atoms with Crippen LogP contribution in [0, 0.1) is 13.8 Å². The number of aliphatic imine (C=N–C) groups is 2. The van der Waals surface area contributed by atoms with Crippen LogP contribution in [-0.2, 0) is 0 Å². The van der Waals surface area contributed by atoms with E-state index in [0.29, 0.717) is 0 Å². The summed E-state index contributed by atoms with van der Waals surface area (Å²) in [6.45, 7) is 7.61. The van der Waals surface area contributed by atoms with E-state index in [9.17, 15) is 0 Å². The van der Waals surface area contributed by atoms with Gasteiger partial charge < -0.3 is 0 Å². The zero-order valence-electron chi connectivity index (χ0n) is 8.82. The number of hydrogen-bond donors (Lipinski definition) is 0. The molecule has 0 aliphatic heterocycles. The van der Waals surface area contributed by atoms with Gasteiger partial charge in [0.15, 0.2) is 0 Å². The third-order valence-corrected chi connectivity index (χ3v) is 3.56. The Morgan fingerprint density at radius 2 is 2.13 bits per heavy atom. The molecule has 1 heterocycles. The zero-order chi connectivity index (χ0) is 10.8. The van der Waals surface area contributed by atoms with Gasteiger partial charge in [-0.15, -0.1) is 11.3 Å². The molecule has 2 nitrogen and oxygen atoms in total. The van der Waals surface area contributed by atoms with E-state index in [1.165, 1.54) is 27.6 Å². The maximum atomic E-state index is 4.27. The van der Waals surface area contributed by atoms with Gasteiger partial charge in [0.25, 0.3) is 0 Å². The number of fused-ring (bicyclic) bond motifs is 1. The molecule has 2 aromatic rings. The molecule has 1 aromatic heterocycles. The predicted octanol–water partition coefficient (Wildman–Crippen LogP) is 3.88. The molecule has 0 unspecified atom stereocenters. The van der Waals surface area contributed by atoms with E-state index in [-0.39, 0.29) is 0 Å². The normalized spacial score (nSPS) is 11.3. The highest BCUT2D eigenvalue weighted by Crippen LogP contribution is 2.38. The predicted molar refractivity (Wildman–Crippen MR) is 69.0 cm³/mol. The Kier molecular flexibility index (Phi) is 2.64. The van der Waals surface area contributed by atoms with Crippen molar-refractivity contribution in [1.82, 2.24) is 0 Å². The van der Waals surface area contributed by atoms with Gasteiger partial charge in [-0.05, 0) is 37.8 Å². The summed E-state index contributed by atoms with van der Waals surface area (Å²) in [4.78, 5) is 7.90. The maximum absolute atomic E-state index is 4.27. The van der Waals surface area contributed by atoms with Crippen molar-refractivity contribution in [1.29, 1.82) is 0 Å². The van der Waals surface area contributed by atoms with Crippen molar-refractivity contribution in [3.8, 4) is 0 Å². The molecule has 0 radical (unpaired) electrons. The Hall–Kier alpha value is -1.48. The molecule has 76 valence electrons. The van der Waals surface area contributed by atoms with Gasteiger partial charge >= 0.3 is 0 Å². The lowest BCUT2D eigenvalue weighted by Crippen LogP contribution is -1.74. The molecule has 0 bridgehead atoms.